The Morgan fingerprint density at radius 3 is 2.85 bits per heavy atom. The van der Waals surface area contributed by atoms with Gasteiger partial charge in [-0.3, -0.25) is 4.79 Å². The fourth-order valence-corrected chi connectivity index (χ4v) is 4.24. The van der Waals surface area contributed by atoms with Crippen LogP contribution in [0.4, 0.5) is 0 Å². The van der Waals surface area contributed by atoms with Crippen molar-refractivity contribution in [3.8, 4) is 10.6 Å². The van der Waals surface area contributed by atoms with E-state index in [1.54, 1.807) is 12.1 Å². The predicted octanol–water partition coefficient (Wildman–Crippen LogP) is 4.62. The smallest absolute Gasteiger partial charge is 0.226 e. The van der Waals surface area contributed by atoms with E-state index in [2.05, 4.69) is 22.5 Å². The monoisotopic (exact) mass is 455 g/mol. The van der Waals surface area contributed by atoms with Crippen LogP contribution in [-0.4, -0.2) is 30.0 Å². The zero-order valence-electron chi connectivity index (χ0n) is 14.1. The minimum Gasteiger partial charge on any atom is -0.353 e. The molecule has 9 heteroatoms. The Kier molecular flexibility index (Phi) is 9.65. The van der Waals surface area contributed by atoms with E-state index in [9.17, 15) is 4.79 Å². The molecule has 1 saturated heterocycles. The first-order valence-electron chi connectivity index (χ1n) is 7.93. The lowest BCUT2D eigenvalue weighted by Gasteiger charge is -2.30. The van der Waals surface area contributed by atoms with Gasteiger partial charge >= 0.3 is 0 Å². The highest BCUT2D eigenvalue weighted by Crippen LogP contribution is 2.32. The van der Waals surface area contributed by atoms with Crippen LogP contribution < -0.4 is 10.6 Å². The van der Waals surface area contributed by atoms with E-state index in [4.69, 9.17) is 23.2 Å². The van der Waals surface area contributed by atoms with Gasteiger partial charge in [0.15, 0.2) is 0 Å². The quantitative estimate of drug-likeness (QED) is 0.705. The Labute approximate surface area is 179 Å². The van der Waals surface area contributed by atoms with Crippen molar-refractivity contribution < 1.29 is 4.79 Å². The third-order valence-electron chi connectivity index (χ3n) is 4.19. The van der Waals surface area contributed by atoms with Crippen LogP contribution >= 0.6 is 59.4 Å². The summed E-state index contributed by atoms with van der Waals surface area (Å²) >= 11 is 13.6. The van der Waals surface area contributed by atoms with Gasteiger partial charge in [-0.2, -0.15) is 0 Å². The zero-order valence-corrected chi connectivity index (χ0v) is 18.1. The van der Waals surface area contributed by atoms with Crippen molar-refractivity contribution in [2.24, 2.45) is 5.92 Å². The van der Waals surface area contributed by atoms with Crippen LogP contribution in [0.25, 0.3) is 10.6 Å². The van der Waals surface area contributed by atoms with Gasteiger partial charge in [-0.1, -0.05) is 30.1 Å². The first kappa shape index (κ1) is 23.5. The normalized spacial score (nSPS) is 19.2. The fourth-order valence-electron chi connectivity index (χ4n) is 2.83. The number of aromatic nitrogens is 1. The molecule has 1 amide bonds. The van der Waals surface area contributed by atoms with Crippen LogP contribution in [0.2, 0.25) is 10.0 Å². The van der Waals surface area contributed by atoms with Crippen LogP contribution in [-0.2, 0) is 11.2 Å². The molecular formula is C17H21Cl4N3OS. The van der Waals surface area contributed by atoms with E-state index in [0.29, 0.717) is 22.4 Å². The van der Waals surface area contributed by atoms with Crippen molar-refractivity contribution in [1.82, 2.24) is 15.6 Å². The second-order valence-electron chi connectivity index (χ2n) is 6.09. The molecule has 0 bridgehead atoms. The Morgan fingerprint density at radius 2 is 2.15 bits per heavy atom. The lowest BCUT2D eigenvalue weighted by atomic mass is 9.95. The predicted molar refractivity (Wildman–Crippen MR) is 114 cm³/mol. The average Bonchev–Trinajstić information content (AvgIpc) is 2.97. The number of piperidine rings is 1. The van der Waals surface area contributed by atoms with Crippen molar-refractivity contribution in [1.29, 1.82) is 0 Å². The van der Waals surface area contributed by atoms with Crippen molar-refractivity contribution in [2.75, 3.05) is 13.1 Å². The summed E-state index contributed by atoms with van der Waals surface area (Å²) in [6.45, 7) is 4.05. The zero-order chi connectivity index (χ0) is 17.1. The summed E-state index contributed by atoms with van der Waals surface area (Å²) in [6, 6.07) is 5.58. The number of nitrogens with one attached hydrogen (secondary N) is 2. The van der Waals surface area contributed by atoms with Crippen LogP contribution in [0.15, 0.2) is 23.6 Å². The third-order valence-corrected chi connectivity index (χ3v) is 5.66. The standard InChI is InChI=1S/C17H19Cl2N3OS.2ClH/c1-10-8-20-5-4-15(10)22-16(23)7-12-9-24-17(21-12)13-3-2-11(18)6-14(13)19;;/h2-3,6,9-10,15,20H,4-5,7-8H2,1H3,(H,22,23);2*1H. The summed E-state index contributed by atoms with van der Waals surface area (Å²) in [6.07, 6.45) is 1.26. The van der Waals surface area contributed by atoms with Gasteiger partial charge in [-0.15, -0.1) is 36.2 Å². The number of amides is 1. The van der Waals surface area contributed by atoms with Gasteiger partial charge in [0.25, 0.3) is 0 Å². The maximum atomic E-state index is 12.3. The summed E-state index contributed by atoms with van der Waals surface area (Å²) in [5, 5.41) is 10.3. The van der Waals surface area contributed by atoms with Crippen molar-refractivity contribution in [3.05, 3.63) is 39.3 Å². The van der Waals surface area contributed by atoms with E-state index in [-0.39, 0.29) is 36.8 Å². The summed E-state index contributed by atoms with van der Waals surface area (Å²) in [5.74, 6) is 0.467. The largest absolute Gasteiger partial charge is 0.353 e. The van der Waals surface area contributed by atoms with Gasteiger partial charge in [0.05, 0.1) is 17.1 Å². The maximum absolute atomic E-state index is 12.3. The summed E-state index contributed by atoms with van der Waals surface area (Å²) in [5.41, 5.74) is 1.60. The average molecular weight is 457 g/mol. The molecule has 4 nitrogen and oxygen atoms in total. The number of hydrogen-bond acceptors (Lipinski definition) is 4. The second kappa shape index (κ2) is 10.7. The SMILES string of the molecule is CC1CNCCC1NC(=O)Cc1csc(-c2ccc(Cl)cc2Cl)n1.Cl.Cl. The molecule has 144 valence electrons. The van der Waals surface area contributed by atoms with Crippen molar-refractivity contribution in [2.45, 2.75) is 25.8 Å². The highest BCUT2D eigenvalue weighted by molar-refractivity contribution is 7.13. The lowest BCUT2D eigenvalue weighted by Crippen LogP contribution is -2.48. The summed E-state index contributed by atoms with van der Waals surface area (Å²) in [4.78, 5) is 16.8. The fraction of sp³-hybridized carbons (Fsp3) is 0.412. The van der Waals surface area contributed by atoms with Gasteiger partial charge in [0, 0.05) is 22.0 Å². The van der Waals surface area contributed by atoms with Crippen molar-refractivity contribution in [3.63, 3.8) is 0 Å². The molecule has 3 rings (SSSR count). The lowest BCUT2D eigenvalue weighted by molar-refractivity contribution is -0.121. The highest BCUT2D eigenvalue weighted by Gasteiger charge is 2.23. The number of benzene rings is 1. The number of rotatable bonds is 4. The molecule has 1 aliphatic heterocycles. The number of carbonyl (C=O) groups excluding carboxylic acids is 1. The summed E-state index contributed by atoms with van der Waals surface area (Å²) in [7, 11) is 0. The Morgan fingerprint density at radius 1 is 1.38 bits per heavy atom. The van der Waals surface area contributed by atoms with Gasteiger partial charge < -0.3 is 10.6 Å². The Bertz CT molecular complexity index is 741. The molecule has 2 heterocycles. The molecular weight excluding hydrogens is 436 g/mol. The van der Waals surface area contributed by atoms with E-state index in [1.165, 1.54) is 11.3 Å². The van der Waals surface area contributed by atoms with Crippen molar-refractivity contribution >= 4 is 65.3 Å². The van der Waals surface area contributed by atoms with E-state index in [0.717, 1.165) is 35.8 Å². The number of halogens is 4. The van der Waals surface area contributed by atoms with Gasteiger partial charge in [0.2, 0.25) is 5.91 Å². The third kappa shape index (κ3) is 5.98. The maximum Gasteiger partial charge on any atom is 0.226 e. The molecule has 1 aromatic heterocycles. The first-order chi connectivity index (χ1) is 11.5. The van der Waals surface area contributed by atoms with Gasteiger partial charge in [-0.25, -0.2) is 4.98 Å². The molecule has 26 heavy (non-hydrogen) atoms. The second-order valence-corrected chi connectivity index (χ2v) is 7.79. The molecule has 1 aromatic carbocycles. The minimum atomic E-state index is 0. The molecule has 0 saturated carbocycles. The molecule has 2 N–H and O–H groups in total. The van der Waals surface area contributed by atoms with E-state index in [1.807, 2.05) is 11.4 Å². The molecule has 0 aliphatic carbocycles. The molecule has 1 aliphatic rings. The number of nitrogens with zero attached hydrogens (tertiary/aromatic N) is 1. The van der Waals surface area contributed by atoms with E-state index >= 15 is 0 Å². The molecule has 2 atom stereocenters. The van der Waals surface area contributed by atoms with Crippen LogP contribution in [0.3, 0.4) is 0 Å². The van der Waals surface area contributed by atoms with Gasteiger partial charge in [0.1, 0.15) is 5.01 Å². The molecule has 1 fully saturated rings. The molecule has 0 spiro atoms. The van der Waals surface area contributed by atoms with Crippen LogP contribution in [0.1, 0.15) is 19.0 Å². The van der Waals surface area contributed by atoms with Gasteiger partial charge in [-0.05, 0) is 43.6 Å². The summed E-state index contributed by atoms with van der Waals surface area (Å²) < 4.78 is 0. The molecule has 2 aromatic rings. The highest BCUT2D eigenvalue weighted by atomic mass is 35.5. The minimum absolute atomic E-state index is 0. The Hall–Kier alpha value is -0.560. The first-order valence-corrected chi connectivity index (χ1v) is 9.56. The number of hydrogen-bond donors (Lipinski definition) is 2. The molecule has 2 unspecified atom stereocenters. The molecule has 0 radical (unpaired) electrons. The van der Waals surface area contributed by atoms with E-state index < -0.39 is 0 Å². The Balaban J connectivity index is 0.00000169. The van der Waals surface area contributed by atoms with Crippen LogP contribution in [0, 0.1) is 5.92 Å². The topological polar surface area (TPSA) is 54.0 Å². The van der Waals surface area contributed by atoms with Crippen LogP contribution in [0.5, 0.6) is 0 Å². The number of carbonyl (C=O) groups is 1. The number of thiazole rings is 1.